The molecule has 2 N–H and O–H groups in total. The number of rotatable bonds is 5. The van der Waals surface area contributed by atoms with Crippen LogP contribution in [0.2, 0.25) is 0 Å². The van der Waals surface area contributed by atoms with E-state index in [9.17, 15) is 4.79 Å². The third-order valence-corrected chi connectivity index (χ3v) is 6.43. The summed E-state index contributed by atoms with van der Waals surface area (Å²) in [4.78, 5) is 29.6. The summed E-state index contributed by atoms with van der Waals surface area (Å²) in [6.45, 7) is 7.93. The van der Waals surface area contributed by atoms with Gasteiger partial charge in [-0.15, -0.1) is 0 Å². The Hall–Kier alpha value is -4.64. The van der Waals surface area contributed by atoms with Gasteiger partial charge >= 0.3 is 0 Å². The number of carbonyl (C=O) groups excluding carboxylic acids is 1. The van der Waals surface area contributed by atoms with Crippen molar-refractivity contribution in [3.63, 3.8) is 0 Å². The first kappa shape index (κ1) is 23.7. The topological polar surface area (TPSA) is 122 Å². The number of ether oxygens (including phenoxy) is 1. The number of aromatic nitrogens is 6. The molecular weight excluding hydrogens is 482 g/mol. The summed E-state index contributed by atoms with van der Waals surface area (Å²) >= 11 is 0. The van der Waals surface area contributed by atoms with E-state index in [0.717, 1.165) is 24.5 Å². The highest BCUT2D eigenvalue weighted by atomic mass is 16.5. The van der Waals surface area contributed by atoms with Crippen molar-refractivity contribution in [1.82, 2.24) is 34.9 Å². The molecule has 1 saturated heterocycles. The Balaban J connectivity index is 1.34. The number of fused-ring (bicyclic) bond motifs is 2. The van der Waals surface area contributed by atoms with Crippen molar-refractivity contribution in [3.05, 3.63) is 72.7 Å². The van der Waals surface area contributed by atoms with E-state index in [4.69, 9.17) is 4.74 Å². The number of hydrogen-bond acceptors (Lipinski definition) is 9. The molecule has 0 aliphatic carbocycles. The number of piperazine rings is 1. The van der Waals surface area contributed by atoms with Crippen LogP contribution in [0, 0.1) is 6.92 Å². The van der Waals surface area contributed by atoms with Gasteiger partial charge in [-0.1, -0.05) is 0 Å². The van der Waals surface area contributed by atoms with E-state index in [2.05, 4.69) is 54.5 Å². The molecule has 1 aromatic carbocycles. The monoisotopic (exact) mass is 509 g/mol. The first-order chi connectivity index (χ1) is 18.4. The summed E-state index contributed by atoms with van der Waals surface area (Å²) in [5, 5.41) is 14.2. The number of imidazole rings is 1. The van der Waals surface area contributed by atoms with Crippen LogP contribution in [0.15, 0.2) is 61.4 Å². The molecule has 4 aromatic heterocycles. The molecule has 192 valence electrons. The fourth-order valence-electron chi connectivity index (χ4n) is 5.00. The van der Waals surface area contributed by atoms with E-state index in [0.29, 0.717) is 51.5 Å². The highest BCUT2D eigenvalue weighted by Crippen LogP contribution is 2.31. The molecule has 38 heavy (non-hydrogen) atoms. The van der Waals surface area contributed by atoms with Crippen molar-refractivity contribution in [3.8, 4) is 11.5 Å². The van der Waals surface area contributed by atoms with Crippen molar-refractivity contribution < 1.29 is 9.53 Å². The van der Waals surface area contributed by atoms with Crippen molar-refractivity contribution in [2.45, 2.75) is 32.9 Å². The maximum atomic E-state index is 13.5. The first-order valence-corrected chi connectivity index (χ1v) is 12.4. The number of amides is 1. The van der Waals surface area contributed by atoms with Crippen LogP contribution in [0.4, 0.5) is 11.4 Å². The SMILES string of the molecule is Cc1cn2cc(NC(=O)c3ccc(N4CC(C)NC(C)C4)c4nccnc34)cc(Oc3ccnnc3)c2n1. The van der Waals surface area contributed by atoms with E-state index in [1.165, 1.54) is 6.20 Å². The molecule has 0 radical (unpaired) electrons. The second kappa shape index (κ2) is 9.67. The maximum Gasteiger partial charge on any atom is 0.257 e. The highest BCUT2D eigenvalue weighted by Gasteiger charge is 2.25. The van der Waals surface area contributed by atoms with Gasteiger partial charge in [-0.05, 0) is 32.9 Å². The number of nitrogens with one attached hydrogen (secondary N) is 2. The summed E-state index contributed by atoms with van der Waals surface area (Å²) in [6.07, 6.45) is 10.0. The van der Waals surface area contributed by atoms with Gasteiger partial charge in [-0.3, -0.25) is 14.8 Å². The predicted molar refractivity (Wildman–Crippen MR) is 144 cm³/mol. The first-order valence-electron chi connectivity index (χ1n) is 12.4. The standard InChI is InChI=1S/C27H27N9O2/c1-16-12-35(13-17(2)32-16)22-5-4-21(24-25(22)29-9-8-28-24)27(37)34-19-10-23(38-20-6-7-30-31-11-20)26-33-18(3)14-36(26)15-19/h4-11,14-17,32H,12-13H2,1-3H3,(H,34,37). The minimum atomic E-state index is -0.295. The molecule has 0 spiro atoms. The van der Waals surface area contributed by atoms with Crippen molar-refractivity contribution in [1.29, 1.82) is 0 Å². The smallest absolute Gasteiger partial charge is 0.257 e. The molecule has 6 rings (SSSR count). The highest BCUT2D eigenvalue weighted by molar-refractivity contribution is 6.13. The summed E-state index contributed by atoms with van der Waals surface area (Å²) < 4.78 is 7.86. The lowest BCUT2D eigenvalue weighted by atomic mass is 10.1. The number of benzene rings is 1. The van der Waals surface area contributed by atoms with E-state index in [1.807, 2.05) is 29.7 Å². The van der Waals surface area contributed by atoms with Gasteiger partial charge in [-0.2, -0.15) is 10.2 Å². The lowest BCUT2D eigenvalue weighted by Crippen LogP contribution is -2.54. The number of pyridine rings is 1. The van der Waals surface area contributed by atoms with Gasteiger partial charge in [-0.25, -0.2) is 4.98 Å². The van der Waals surface area contributed by atoms with E-state index < -0.39 is 0 Å². The zero-order chi connectivity index (χ0) is 26.2. The Morgan fingerprint density at radius 2 is 1.82 bits per heavy atom. The van der Waals surface area contributed by atoms with Crippen molar-refractivity contribution in [2.24, 2.45) is 0 Å². The molecule has 2 unspecified atom stereocenters. The number of anilines is 2. The zero-order valence-electron chi connectivity index (χ0n) is 21.3. The second-order valence-corrected chi connectivity index (χ2v) is 9.60. The Morgan fingerprint density at radius 1 is 1.03 bits per heavy atom. The van der Waals surface area contributed by atoms with Crippen LogP contribution in [-0.2, 0) is 0 Å². The fraction of sp³-hybridized carbons (Fsp3) is 0.259. The normalized spacial score (nSPS) is 17.6. The third-order valence-electron chi connectivity index (χ3n) is 6.43. The molecule has 11 heteroatoms. The molecule has 0 saturated carbocycles. The van der Waals surface area contributed by atoms with Crippen LogP contribution in [0.3, 0.4) is 0 Å². The third kappa shape index (κ3) is 4.59. The summed E-state index contributed by atoms with van der Waals surface area (Å²) in [5.41, 5.74) is 4.66. The van der Waals surface area contributed by atoms with E-state index in [1.54, 1.807) is 36.9 Å². The van der Waals surface area contributed by atoms with Crippen molar-refractivity contribution >= 4 is 34.0 Å². The number of hydrogen-bond donors (Lipinski definition) is 2. The molecule has 1 fully saturated rings. The van der Waals surface area contributed by atoms with E-state index >= 15 is 0 Å². The van der Waals surface area contributed by atoms with Gasteiger partial charge in [0.25, 0.3) is 5.91 Å². The molecule has 5 heterocycles. The van der Waals surface area contributed by atoms with Crippen LogP contribution < -0.4 is 20.3 Å². The van der Waals surface area contributed by atoms with Gasteiger partial charge in [0.15, 0.2) is 11.4 Å². The number of nitrogens with zero attached hydrogens (tertiary/aromatic N) is 7. The van der Waals surface area contributed by atoms with Gasteiger partial charge < -0.3 is 24.7 Å². The minimum Gasteiger partial charge on any atom is -0.452 e. The second-order valence-electron chi connectivity index (χ2n) is 9.60. The molecule has 5 aromatic rings. The van der Waals surface area contributed by atoms with Crippen LogP contribution in [0.25, 0.3) is 16.7 Å². The number of aryl methyl sites for hydroxylation is 1. The summed E-state index contributed by atoms with van der Waals surface area (Å²) in [5.74, 6) is 0.696. The molecule has 1 aliphatic rings. The zero-order valence-corrected chi connectivity index (χ0v) is 21.3. The largest absolute Gasteiger partial charge is 0.452 e. The molecule has 2 atom stereocenters. The van der Waals surface area contributed by atoms with Crippen molar-refractivity contribution in [2.75, 3.05) is 23.3 Å². The van der Waals surface area contributed by atoms with Crippen LogP contribution in [-0.4, -0.2) is 60.6 Å². The van der Waals surface area contributed by atoms with Crippen LogP contribution >= 0.6 is 0 Å². The van der Waals surface area contributed by atoms with Gasteiger partial charge in [0, 0.05) is 62.1 Å². The van der Waals surface area contributed by atoms with Gasteiger partial charge in [0.2, 0.25) is 0 Å². The Bertz CT molecular complexity index is 1630. The predicted octanol–water partition coefficient (Wildman–Crippen LogP) is 3.61. The lowest BCUT2D eigenvalue weighted by Gasteiger charge is -2.38. The van der Waals surface area contributed by atoms with Gasteiger partial charge in [0.1, 0.15) is 16.8 Å². The Morgan fingerprint density at radius 3 is 2.58 bits per heavy atom. The van der Waals surface area contributed by atoms with E-state index in [-0.39, 0.29) is 5.91 Å². The maximum absolute atomic E-state index is 13.5. The lowest BCUT2D eigenvalue weighted by molar-refractivity contribution is 0.102. The fourth-order valence-corrected chi connectivity index (χ4v) is 5.00. The summed E-state index contributed by atoms with van der Waals surface area (Å²) in [6, 6.07) is 7.91. The van der Waals surface area contributed by atoms with Crippen LogP contribution in [0.5, 0.6) is 11.5 Å². The molecular formula is C27H27N9O2. The quantitative estimate of drug-likeness (QED) is 0.366. The average Bonchev–Trinajstić information content (AvgIpc) is 3.28. The Labute approximate surface area is 218 Å². The van der Waals surface area contributed by atoms with Crippen LogP contribution in [0.1, 0.15) is 29.9 Å². The molecule has 1 amide bonds. The Kier molecular flexibility index (Phi) is 6.04. The van der Waals surface area contributed by atoms with Gasteiger partial charge in [0.05, 0.1) is 35.0 Å². The molecule has 1 aliphatic heterocycles. The summed E-state index contributed by atoms with van der Waals surface area (Å²) in [7, 11) is 0. The average molecular weight is 510 g/mol. The molecule has 11 nitrogen and oxygen atoms in total. The molecule has 0 bridgehead atoms. The number of carbonyl (C=O) groups is 1. The minimum absolute atomic E-state index is 0.295.